The van der Waals surface area contributed by atoms with E-state index in [1.165, 1.54) is 0 Å². The first-order chi connectivity index (χ1) is 16.9. The molecule has 2 aliphatic rings. The van der Waals surface area contributed by atoms with Crippen molar-refractivity contribution in [3.05, 3.63) is 53.7 Å². The Labute approximate surface area is 204 Å². The Balaban J connectivity index is 1.55. The van der Waals surface area contributed by atoms with Gasteiger partial charge in [-0.3, -0.25) is 9.48 Å². The number of nitrogens with zero attached hydrogens (tertiary/aromatic N) is 6. The van der Waals surface area contributed by atoms with Gasteiger partial charge in [-0.05, 0) is 44.4 Å². The second-order valence-corrected chi connectivity index (χ2v) is 9.82. The van der Waals surface area contributed by atoms with Gasteiger partial charge in [0.15, 0.2) is 0 Å². The molecule has 8 nitrogen and oxygen atoms in total. The lowest BCUT2D eigenvalue weighted by Gasteiger charge is -2.32. The molecule has 0 N–H and O–H groups in total. The number of ether oxygens (including phenoxy) is 1. The van der Waals surface area contributed by atoms with Crippen LogP contribution in [0.2, 0.25) is 0 Å². The van der Waals surface area contributed by atoms with Crippen LogP contribution in [-0.4, -0.2) is 55.4 Å². The van der Waals surface area contributed by atoms with Crippen LogP contribution in [0.1, 0.15) is 48.8 Å². The van der Waals surface area contributed by atoms with E-state index in [0.29, 0.717) is 12.5 Å². The van der Waals surface area contributed by atoms with E-state index in [-0.39, 0.29) is 11.9 Å². The first-order valence-corrected chi connectivity index (χ1v) is 12.3. The molecule has 0 spiro atoms. The fourth-order valence-corrected chi connectivity index (χ4v) is 5.60. The molecule has 2 aliphatic heterocycles. The van der Waals surface area contributed by atoms with Crippen LogP contribution in [0.4, 0.5) is 0 Å². The smallest absolute Gasteiger partial charge is 0.245 e. The molecule has 1 atom stereocenters. The number of hydrogen-bond donors (Lipinski definition) is 0. The summed E-state index contributed by atoms with van der Waals surface area (Å²) >= 11 is 0. The lowest BCUT2D eigenvalue weighted by molar-refractivity contribution is -0.135. The summed E-state index contributed by atoms with van der Waals surface area (Å²) in [6.45, 7) is 6.10. The maximum Gasteiger partial charge on any atom is 0.245 e. The van der Waals surface area contributed by atoms with E-state index in [2.05, 4.69) is 34.8 Å². The summed E-state index contributed by atoms with van der Waals surface area (Å²) in [6.07, 6.45) is 5.70. The molecule has 5 heterocycles. The van der Waals surface area contributed by atoms with Crippen molar-refractivity contribution in [2.45, 2.75) is 45.2 Å². The van der Waals surface area contributed by atoms with Crippen molar-refractivity contribution in [3.8, 4) is 22.5 Å². The van der Waals surface area contributed by atoms with Crippen LogP contribution in [-0.2, 0) is 23.1 Å². The highest BCUT2D eigenvalue weighted by Gasteiger charge is 2.36. The first kappa shape index (κ1) is 22.0. The molecule has 1 saturated heterocycles. The van der Waals surface area contributed by atoms with E-state index in [0.717, 1.165) is 76.6 Å². The Bertz CT molecular complexity index is 1450. The van der Waals surface area contributed by atoms with Gasteiger partial charge in [-0.15, -0.1) is 0 Å². The van der Waals surface area contributed by atoms with Gasteiger partial charge < -0.3 is 14.2 Å². The lowest BCUT2D eigenvalue weighted by Crippen LogP contribution is -2.40. The lowest BCUT2D eigenvalue weighted by atomic mass is 9.98. The molecule has 6 rings (SSSR count). The van der Waals surface area contributed by atoms with Crippen LogP contribution >= 0.6 is 0 Å². The maximum atomic E-state index is 12.9. The van der Waals surface area contributed by atoms with Crippen LogP contribution < -0.4 is 0 Å². The molecular weight excluding hydrogens is 440 g/mol. The number of fused-ring (bicyclic) bond motifs is 2. The van der Waals surface area contributed by atoms with Crippen molar-refractivity contribution in [2.75, 3.05) is 20.3 Å². The van der Waals surface area contributed by atoms with Crippen molar-refractivity contribution in [1.82, 2.24) is 29.2 Å². The zero-order valence-corrected chi connectivity index (χ0v) is 20.7. The summed E-state index contributed by atoms with van der Waals surface area (Å²) in [5.74, 6) is 1.44. The minimum atomic E-state index is -0.269. The Kier molecular flexibility index (Phi) is 5.21. The molecule has 0 bridgehead atoms. The molecule has 0 aliphatic carbocycles. The topological polar surface area (TPSA) is 78.1 Å². The summed E-state index contributed by atoms with van der Waals surface area (Å²) in [7, 11) is 3.79. The van der Waals surface area contributed by atoms with Crippen molar-refractivity contribution >= 4 is 16.8 Å². The number of benzene rings is 1. The van der Waals surface area contributed by atoms with E-state index < -0.39 is 0 Å². The summed E-state index contributed by atoms with van der Waals surface area (Å²) in [5.41, 5.74) is 7.09. The van der Waals surface area contributed by atoms with Gasteiger partial charge in [0.05, 0.1) is 35.3 Å². The predicted molar refractivity (Wildman–Crippen MR) is 134 cm³/mol. The van der Waals surface area contributed by atoms with Gasteiger partial charge >= 0.3 is 0 Å². The molecule has 180 valence electrons. The van der Waals surface area contributed by atoms with Crippen LogP contribution in [0.25, 0.3) is 33.4 Å². The number of rotatable bonds is 3. The van der Waals surface area contributed by atoms with Crippen molar-refractivity contribution in [2.24, 2.45) is 7.05 Å². The van der Waals surface area contributed by atoms with E-state index >= 15 is 0 Å². The van der Waals surface area contributed by atoms with E-state index in [1.54, 1.807) is 4.68 Å². The minimum Gasteiger partial charge on any atom is -0.381 e. The summed E-state index contributed by atoms with van der Waals surface area (Å²) in [5, 5.41) is 5.39. The number of aryl methyl sites for hydroxylation is 2. The Hall–Kier alpha value is -3.52. The Morgan fingerprint density at radius 3 is 2.63 bits per heavy atom. The van der Waals surface area contributed by atoms with Crippen molar-refractivity contribution in [3.63, 3.8) is 0 Å². The molecule has 8 heteroatoms. The fourth-order valence-electron chi connectivity index (χ4n) is 5.60. The molecule has 3 aromatic heterocycles. The monoisotopic (exact) mass is 470 g/mol. The number of carbonyl (C=O) groups excluding carboxylic acids is 1. The van der Waals surface area contributed by atoms with Gasteiger partial charge in [0, 0.05) is 55.9 Å². The predicted octanol–water partition coefficient (Wildman–Crippen LogP) is 4.23. The van der Waals surface area contributed by atoms with Gasteiger partial charge in [0.1, 0.15) is 11.9 Å². The summed E-state index contributed by atoms with van der Waals surface area (Å²) in [4.78, 5) is 25.0. The van der Waals surface area contributed by atoms with Crippen LogP contribution in [0.3, 0.4) is 0 Å². The number of hydrogen-bond acceptors (Lipinski definition) is 5. The Morgan fingerprint density at radius 1 is 1.09 bits per heavy atom. The molecule has 4 aromatic rings. The average molecular weight is 471 g/mol. The molecule has 0 radical (unpaired) electrons. The second-order valence-electron chi connectivity index (χ2n) is 9.82. The van der Waals surface area contributed by atoms with E-state index in [4.69, 9.17) is 14.7 Å². The van der Waals surface area contributed by atoms with E-state index in [1.807, 2.05) is 44.4 Å². The first-order valence-electron chi connectivity index (χ1n) is 12.3. The van der Waals surface area contributed by atoms with Crippen LogP contribution in [0.15, 0.2) is 36.7 Å². The molecule has 0 saturated carbocycles. The molecule has 1 aromatic carbocycles. The highest BCUT2D eigenvalue weighted by Crippen LogP contribution is 2.40. The fraction of sp³-hybridized carbons (Fsp3) is 0.407. The number of pyridine rings is 1. The number of aromatic nitrogens is 5. The number of amides is 1. The SMILES string of the molecule is Cc1cc2c(-c3nc(C4CCOCC4)n4c3CN(C)C(=O)[C@H]4C)cccc2nc1-c1cnn(C)c1. The summed E-state index contributed by atoms with van der Waals surface area (Å²) < 4.78 is 9.62. The summed E-state index contributed by atoms with van der Waals surface area (Å²) in [6, 6.07) is 8.17. The van der Waals surface area contributed by atoms with Gasteiger partial charge in [-0.2, -0.15) is 5.10 Å². The second kappa shape index (κ2) is 8.30. The highest BCUT2D eigenvalue weighted by molar-refractivity contribution is 5.96. The molecular formula is C27H30N6O2. The molecule has 1 amide bonds. The largest absolute Gasteiger partial charge is 0.381 e. The minimum absolute atomic E-state index is 0.131. The molecule has 0 unspecified atom stereocenters. The third kappa shape index (κ3) is 3.55. The highest BCUT2D eigenvalue weighted by atomic mass is 16.5. The standard InChI is InChI=1S/C27H30N6O2/c1-16-12-21-20(6-5-7-22(21)29-24(16)19-13-28-32(4)14-19)25-23-15-31(3)27(34)17(2)33(23)26(30-25)18-8-10-35-11-9-18/h5-7,12-14,17-18H,8-11,15H2,1-4H3/t17-/m1/s1. The third-order valence-corrected chi connectivity index (χ3v) is 7.41. The van der Waals surface area contributed by atoms with Gasteiger partial charge in [-0.25, -0.2) is 9.97 Å². The number of carbonyl (C=O) groups is 1. The molecule has 35 heavy (non-hydrogen) atoms. The van der Waals surface area contributed by atoms with Crippen molar-refractivity contribution < 1.29 is 9.53 Å². The Morgan fingerprint density at radius 2 is 1.89 bits per heavy atom. The van der Waals surface area contributed by atoms with E-state index in [9.17, 15) is 4.79 Å². The zero-order chi connectivity index (χ0) is 24.3. The quantitative estimate of drug-likeness (QED) is 0.448. The molecule has 1 fully saturated rings. The van der Waals surface area contributed by atoms with Gasteiger partial charge in [0.2, 0.25) is 5.91 Å². The van der Waals surface area contributed by atoms with Crippen LogP contribution in [0, 0.1) is 6.92 Å². The zero-order valence-electron chi connectivity index (χ0n) is 20.7. The van der Waals surface area contributed by atoms with Crippen molar-refractivity contribution in [1.29, 1.82) is 0 Å². The number of likely N-dealkylation sites (N-methyl/N-ethyl adjacent to an activating group) is 1. The normalized spacial score (nSPS) is 18.9. The van der Waals surface area contributed by atoms with Crippen LogP contribution in [0.5, 0.6) is 0 Å². The third-order valence-electron chi connectivity index (χ3n) is 7.41. The maximum absolute atomic E-state index is 12.9. The van der Waals surface area contributed by atoms with Gasteiger partial charge in [-0.1, -0.05) is 12.1 Å². The average Bonchev–Trinajstić information content (AvgIpc) is 3.46. The van der Waals surface area contributed by atoms with Gasteiger partial charge in [0.25, 0.3) is 0 Å². The number of imidazole rings is 1.